The molecule has 2 heteroatoms. The Morgan fingerprint density at radius 3 is 2.42 bits per heavy atom. The summed E-state index contributed by atoms with van der Waals surface area (Å²) in [7, 11) is 0. The molecule has 1 aromatic rings. The molecule has 0 bridgehead atoms. The lowest BCUT2D eigenvalue weighted by Gasteiger charge is -2.06. The van der Waals surface area contributed by atoms with Crippen LogP contribution in [0.1, 0.15) is 28.4 Å². The van der Waals surface area contributed by atoms with Gasteiger partial charge in [0.15, 0.2) is 5.78 Å². The fourth-order valence-corrected chi connectivity index (χ4v) is 1.55. The number of benzene rings is 1. The molecule has 64 valence electrons. The SMILES string of the molecule is CC(=O)c1ccc(C)c(Br)c1C. The molecule has 0 aromatic heterocycles. The largest absolute Gasteiger partial charge is 0.295 e. The van der Waals surface area contributed by atoms with Crippen LogP contribution in [0.2, 0.25) is 0 Å². The van der Waals surface area contributed by atoms with E-state index in [2.05, 4.69) is 15.9 Å². The predicted molar refractivity (Wildman–Crippen MR) is 53.6 cm³/mol. The Morgan fingerprint density at radius 2 is 1.92 bits per heavy atom. The molecular weight excluding hydrogens is 216 g/mol. The molecule has 0 radical (unpaired) electrons. The number of hydrogen-bond acceptors (Lipinski definition) is 1. The highest BCUT2D eigenvalue weighted by Crippen LogP contribution is 2.23. The number of carbonyl (C=O) groups excluding carboxylic acids is 1. The van der Waals surface area contributed by atoms with Crippen LogP contribution in [0, 0.1) is 13.8 Å². The molecule has 0 saturated heterocycles. The summed E-state index contributed by atoms with van der Waals surface area (Å²) in [5, 5.41) is 0. The van der Waals surface area contributed by atoms with Crippen LogP contribution < -0.4 is 0 Å². The standard InChI is InChI=1S/C10H11BrO/c1-6-4-5-9(8(3)12)7(2)10(6)11/h4-5H,1-3H3. The van der Waals surface area contributed by atoms with Crippen molar-refractivity contribution in [1.29, 1.82) is 0 Å². The summed E-state index contributed by atoms with van der Waals surface area (Å²) in [5.74, 6) is 0.119. The quantitative estimate of drug-likeness (QED) is 0.673. The minimum absolute atomic E-state index is 0.119. The van der Waals surface area contributed by atoms with E-state index < -0.39 is 0 Å². The van der Waals surface area contributed by atoms with Gasteiger partial charge in [-0.1, -0.05) is 28.1 Å². The van der Waals surface area contributed by atoms with E-state index in [4.69, 9.17) is 0 Å². The van der Waals surface area contributed by atoms with Crippen LogP contribution in [0.25, 0.3) is 0 Å². The maximum atomic E-state index is 11.1. The van der Waals surface area contributed by atoms with Gasteiger partial charge in [-0.05, 0) is 31.9 Å². The molecule has 1 rings (SSSR count). The number of halogens is 1. The van der Waals surface area contributed by atoms with Crippen molar-refractivity contribution >= 4 is 21.7 Å². The molecule has 0 fully saturated rings. The second-order valence-corrected chi connectivity index (χ2v) is 3.72. The highest BCUT2D eigenvalue weighted by Gasteiger charge is 2.07. The van der Waals surface area contributed by atoms with Gasteiger partial charge in [0.1, 0.15) is 0 Å². The second-order valence-electron chi connectivity index (χ2n) is 2.93. The van der Waals surface area contributed by atoms with Crippen molar-refractivity contribution < 1.29 is 4.79 Å². The van der Waals surface area contributed by atoms with Gasteiger partial charge >= 0.3 is 0 Å². The van der Waals surface area contributed by atoms with Gasteiger partial charge in [-0.15, -0.1) is 0 Å². The van der Waals surface area contributed by atoms with E-state index in [0.29, 0.717) is 0 Å². The Kier molecular flexibility index (Phi) is 2.68. The topological polar surface area (TPSA) is 17.1 Å². The normalized spacial score (nSPS) is 10.0. The first-order chi connectivity index (χ1) is 5.54. The van der Waals surface area contributed by atoms with E-state index in [0.717, 1.165) is 21.2 Å². The first kappa shape index (κ1) is 9.46. The van der Waals surface area contributed by atoms with E-state index in [1.54, 1.807) is 6.92 Å². The average molecular weight is 227 g/mol. The van der Waals surface area contributed by atoms with Crippen LogP contribution in [0.4, 0.5) is 0 Å². The summed E-state index contributed by atoms with van der Waals surface area (Å²) in [6.45, 7) is 5.55. The molecule has 1 aromatic carbocycles. The van der Waals surface area contributed by atoms with Crippen molar-refractivity contribution in [3.05, 3.63) is 33.3 Å². The van der Waals surface area contributed by atoms with Crippen molar-refractivity contribution in [1.82, 2.24) is 0 Å². The molecule has 1 nitrogen and oxygen atoms in total. The fraction of sp³-hybridized carbons (Fsp3) is 0.300. The monoisotopic (exact) mass is 226 g/mol. The van der Waals surface area contributed by atoms with Crippen molar-refractivity contribution in [3.8, 4) is 0 Å². The lowest BCUT2D eigenvalue weighted by atomic mass is 10.0. The smallest absolute Gasteiger partial charge is 0.160 e. The number of carbonyl (C=O) groups is 1. The minimum Gasteiger partial charge on any atom is -0.295 e. The summed E-state index contributed by atoms with van der Waals surface area (Å²) in [5.41, 5.74) is 2.99. The summed E-state index contributed by atoms with van der Waals surface area (Å²) in [6.07, 6.45) is 0. The maximum Gasteiger partial charge on any atom is 0.160 e. The van der Waals surface area contributed by atoms with Crippen LogP contribution in [-0.2, 0) is 0 Å². The molecule has 0 aliphatic carbocycles. The van der Waals surface area contributed by atoms with E-state index in [1.807, 2.05) is 26.0 Å². The molecule has 0 heterocycles. The highest BCUT2D eigenvalue weighted by atomic mass is 79.9. The second kappa shape index (κ2) is 3.40. The van der Waals surface area contributed by atoms with Crippen LogP contribution in [0.5, 0.6) is 0 Å². The van der Waals surface area contributed by atoms with Gasteiger partial charge in [0.25, 0.3) is 0 Å². The Bertz CT molecular complexity index is 329. The first-order valence-electron chi connectivity index (χ1n) is 3.80. The van der Waals surface area contributed by atoms with Gasteiger partial charge in [-0.2, -0.15) is 0 Å². The molecule has 12 heavy (non-hydrogen) atoms. The van der Waals surface area contributed by atoms with Gasteiger partial charge in [-0.3, -0.25) is 4.79 Å². The molecule has 0 unspecified atom stereocenters. The third-order valence-corrected chi connectivity index (χ3v) is 3.18. The van der Waals surface area contributed by atoms with Crippen molar-refractivity contribution in [2.24, 2.45) is 0 Å². The Balaban J connectivity index is 3.36. The molecule has 0 N–H and O–H groups in total. The van der Waals surface area contributed by atoms with Gasteiger partial charge in [0.2, 0.25) is 0 Å². The van der Waals surface area contributed by atoms with Gasteiger partial charge in [0.05, 0.1) is 0 Å². The van der Waals surface area contributed by atoms with Crippen LogP contribution in [0.15, 0.2) is 16.6 Å². The summed E-state index contributed by atoms with van der Waals surface area (Å²) in [6, 6.07) is 3.82. The molecule has 0 saturated carbocycles. The number of hydrogen-bond donors (Lipinski definition) is 0. The maximum absolute atomic E-state index is 11.1. The third kappa shape index (κ3) is 1.58. The lowest BCUT2D eigenvalue weighted by Crippen LogP contribution is -1.97. The van der Waals surface area contributed by atoms with Gasteiger partial charge < -0.3 is 0 Å². The van der Waals surface area contributed by atoms with Gasteiger partial charge in [-0.25, -0.2) is 0 Å². The molecule has 0 aliphatic heterocycles. The molecule has 0 atom stereocenters. The zero-order chi connectivity index (χ0) is 9.30. The Labute approximate surface area is 80.9 Å². The van der Waals surface area contributed by atoms with Crippen molar-refractivity contribution in [3.63, 3.8) is 0 Å². The zero-order valence-electron chi connectivity index (χ0n) is 7.44. The minimum atomic E-state index is 0.119. The molecular formula is C10H11BrO. The predicted octanol–water partition coefficient (Wildman–Crippen LogP) is 3.27. The fourth-order valence-electron chi connectivity index (χ4n) is 1.20. The van der Waals surface area contributed by atoms with Gasteiger partial charge in [0, 0.05) is 10.0 Å². The summed E-state index contributed by atoms with van der Waals surface area (Å²) >= 11 is 3.45. The van der Waals surface area contributed by atoms with E-state index in [9.17, 15) is 4.79 Å². The molecule has 0 aliphatic rings. The Morgan fingerprint density at radius 1 is 1.33 bits per heavy atom. The lowest BCUT2D eigenvalue weighted by molar-refractivity contribution is 0.101. The Hall–Kier alpha value is -0.630. The average Bonchev–Trinajstić information content (AvgIpc) is 2.00. The number of rotatable bonds is 1. The highest BCUT2D eigenvalue weighted by molar-refractivity contribution is 9.10. The first-order valence-corrected chi connectivity index (χ1v) is 4.60. The zero-order valence-corrected chi connectivity index (χ0v) is 9.03. The van der Waals surface area contributed by atoms with Crippen LogP contribution in [0.3, 0.4) is 0 Å². The third-order valence-electron chi connectivity index (χ3n) is 1.96. The summed E-state index contributed by atoms with van der Waals surface area (Å²) < 4.78 is 1.04. The number of ketones is 1. The van der Waals surface area contributed by atoms with Crippen molar-refractivity contribution in [2.45, 2.75) is 20.8 Å². The van der Waals surface area contributed by atoms with Crippen LogP contribution >= 0.6 is 15.9 Å². The number of Topliss-reactive ketones (excluding diaryl/α,β-unsaturated/α-hetero) is 1. The van der Waals surface area contributed by atoms with E-state index in [-0.39, 0.29) is 5.78 Å². The molecule has 0 spiro atoms. The van der Waals surface area contributed by atoms with Crippen LogP contribution in [-0.4, -0.2) is 5.78 Å². The van der Waals surface area contributed by atoms with E-state index >= 15 is 0 Å². The summed E-state index contributed by atoms with van der Waals surface area (Å²) in [4.78, 5) is 11.1. The van der Waals surface area contributed by atoms with Crippen molar-refractivity contribution in [2.75, 3.05) is 0 Å². The molecule has 0 amide bonds. The van der Waals surface area contributed by atoms with E-state index in [1.165, 1.54) is 0 Å². The number of aryl methyl sites for hydroxylation is 1.